The van der Waals surface area contributed by atoms with Crippen LogP contribution in [0.1, 0.15) is 54.4 Å². The normalized spacial score (nSPS) is 17.2. The van der Waals surface area contributed by atoms with Crippen LogP contribution >= 0.6 is 0 Å². The fraction of sp³-hybridized carbons (Fsp3) is 0.409. The summed E-state index contributed by atoms with van der Waals surface area (Å²) in [5.74, 6) is 0.424. The summed E-state index contributed by atoms with van der Waals surface area (Å²) in [5, 5.41) is 2.94. The van der Waals surface area contributed by atoms with Gasteiger partial charge in [-0.3, -0.25) is 9.59 Å². The van der Waals surface area contributed by atoms with E-state index in [1.165, 1.54) is 19.3 Å². The van der Waals surface area contributed by atoms with Crippen LogP contribution in [0.2, 0.25) is 0 Å². The maximum Gasteiger partial charge on any atom is 0.255 e. The molecule has 1 saturated carbocycles. The topological polar surface area (TPSA) is 71.5 Å². The van der Waals surface area contributed by atoms with Crippen LogP contribution in [0.4, 0.5) is 11.4 Å². The van der Waals surface area contributed by atoms with Gasteiger partial charge in [0.25, 0.3) is 5.91 Å². The van der Waals surface area contributed by atoms with Gasteiger partial charge in [0.1, 0.15) is 6.10 Å². The minimum Gasteiger partial charge on any atom is -0.474 e. The first-order chi connectivity index (χ1) is 13.6. The number of carbonyl (C=O) groups excluding carboxylic acids is 2. The Labute approximate surface area is 164 Å². The van der Waals surface area contributed by atoms with Crippen LogP contribution in [-0.4, -0.2) is 29.9 Å². The number of nitrogens with zero attached hydrogens (tertiary/aromatic N) is 2. The first-order valence-corrected chi connectivity index (χ1v) is 9.94. The van der Waals surface area contributed by atoms with Gasteiger partial charge >= 0.3 is 0 Å². The second-order valence-electron chi connectivity index (χ2n) is 7.51. The molecule has 0 bridgehead atoms. The van der Waals surface area contributed by atoms with Gasteiger partial charge in [0.05, 0.1) is 0 Å². The van der Waals surface area contributed by atoms with E-state index in [1.807, 2.05) is 18.2 Å². The molecule has 0 radical (unpaired) electrons. The Bertz CT molecular complexity index is 890. The Morgan fingerprint density at radius 3 is 2.79 bits per heavy atom. The van der Waals surface area contributed by atoms with Crippen LogP contribution in [-0.2, 0) is 11.2 Å². The van der Waals surface area contributed by atoms with Crippen LogP contribution < -0.4 is 15.0 Å². The van der Waals surface area contributed by atoms with Gasteiger partial charge in [-0.15, -0.1) is 0 Å². The molecule has 1 aliphatic heterocycles. The lowest BCUT2D eigenvalue weighted by Gasteiger charge is -2.26. The van der Waals surface area contributed by atoms with Gasteiger partial charge in [0.2, 0.25) is 11.8 Å². The number of carbonyl (C=O) groups is 2. The summed E-state index contributed by atoms with van der Waals surface area (Å²) in [6, 6.07) is 9.04. The molecule has 1 fully saturated rings. The maximum atomic E-state index is 12.7. The molecule has 2 aromatic rings. The highest BCUT2D eigenvalue weighted by atomic mass is 16.5. The van der Waals surface area contributed by atoms with Gasteiger partial charge in [0, 0.05) is 42.7 Å². The van der Waals surface area contributed by atoms with Crippen LogP contribution in [0.15, 0.2) is 36.5 Å². The largest absolute Gasteiger partial charge is 0.474 e. The molecule has 0 unspecified atom stereocenters. The Morgan fingerprint density at radius 2 is 1.96 bits per heavy atom. The van der Waals surface area contributed by atoms with Crippen molar-refractivity contribution in [2.45, 2.75) is 51.0 Å². The first kappa shape index (κ1) is 18.5. The molecular formula is C22H25N3O3. The standard InChI is InChI=1S/C22H25N3O3/c1-25-19-9-8-17(13-15(19)7-10-21(25)26)24-22(27)16-11-12-23-20(14-16)28-18-5-3-2-4-6-18/h8-9,11-14,18H,2-7,10H2,1H3,(H,24,27). The van der Waals surface area contributed by atoms with E-state index < -0.39 is 0 Å². The number of aryl methyl sites for hydroxylation is 1. The molecule has 2 heterocycles. The fourth-order valence-corrected chi connectivity index (χ4v) is 3.91. The third-order valence-electron chi connectivity index (χ3n) is 5.52. The van der Waals surface area contributed by atoms with Crippen molar-refractivity contribution in [3.8, 4) is 5.88 Å². The number of hydrogen-bond acceptors (Lipinski definition) is 4. The number of anilines is 2. The van der Waals surface area contributed by atoms with Crippen molar-refractivity contribution in [1.29, 1.82) is 0 Å². The number of aromatic nitrogens is 1. The van der Waals surface area contributed by atoms with Gasteiger partial charge in [-0.25, -0.2) is 4.98 Å². The van der Waals surface area contributed by atoms with Crippen molar-refractivity contribution in [2.24, 2.45) is 0 Å². The molecule has 28 heavy (non-hydrogen) atoms. The summed E-state index contributed by atoms with van der Waals surface area (Å²) in [5.41, 5.74) is 3.21. The van der Waals surface area contributed by atoms with Gasteiger partial charge < -0.3 is 15.0 Å². The number of hydrogen-bond donors (Lipinski definition) is 1. The molecular weight excluding hydrogens is 354 g/mol. The highest BCUT2D eigenvalue weighted by Gasteiger charge is 2.21. The molecule has 0 saturated heterocycles. The summed E-state index contributed by atoms with van der Waals surface area (Å²) in [4.78, 5) is 30.4. The molecule has 1 aliphatic carbocycles. The predicted molar refractivity (Wildman–Crippen MR) is 108 cm³/mol. The van der Waals surface area contributed by atoms with Crippen LogP contribution in [0, 0.1) is 0 Å². The van der Waals surface area contributed by atoms with E-state index in [9.17, 15) is 9.59 Å². The molecule has 6 nitrogen and oxygen atoms in total. The Kier molecular flexibility index (Phi) is 5.28. The van der Waals surface area contributed by atoms with E-state index in [0.29, 0.717) is 24.3 Å². The van der Waals surface area contributed by atoms with Crippen molar-refractivity contribution >= 4 is 23.2 Å². The number of benzene rings is 1. The number of fused-ring (bicyclic) bond motifs is 1. The predicted octanol–water partition coefficient (Wildman–Crippen LogP) is 3.95. The zero-order valence-electron chi connectivity index (χ0n) is 16.1. The van der Waals surface area contributed by atoms with E-state index >= 15 is 0 Å². The van der Waals surface area contributed by atoms with Crippen molar-refractivity contribution in [1.82, 2.24) is 4.98 Å². The molecule has 1 aromatic carbocycles. The number of rotatable bonds is 4. The minimum atomic E-state index is -0.198. The molecule has 2 aliphatic rings. The highest BCUT2D eigenvalue weighted by molar-refractivity contribution is 6.05. The zero-order chi connectivity index (χ0) is 19.5. The highest BCUT2D eigenvalue weighted by Crippen LogP contribution is 2.29. The van der Waals surface area contributed by atoms with E-state index in [0.717, 1.165) is 29.8 Å². The molecule has 0 atom stereocenters. The van der Waals surface area contributed by atoms with Crippen molar-refractivity contribution < 1.29 is 14.3 Å². The Balaban J connectivity index is 1.45. The lowest BCUT2D eigenvalue weighted by molar-refractivity contribution is -0.118. The molecule has 4 rings (SSSR count). The number of pyridine rings is 1. The quantitative estimate of drug-likeness (QED) is 0.873. The fourth-order valence-electron chi connectivity index (χ4n) is 3.91. The van der Waals surface area contributed by atoms with Gasteiger partial charge in [-0.1, -0.05) is 6.42 Å². The summed E-state index contributed by atoms with van der Waals surface area (Å²) in [7, 11) is 1.78. The lowest BCUT2D eigenvalue weighted by atomic mass is 9.98. The second kappa shape index (κ2) is 8.00. The van der Waals surface area contributed by atoms with Gasteiger partial charge in [-0.05, 0) is 61.9 Å². The molecule has 2 amide bonds. The van der Waals surface area contributed by atoms with Gasteiger partial charge in [0.15, 0.2) is 0 Å². The first-order valence-electron chi connectivity index (χ1n) is 9.94. The number of amides is 2. The monoisotopic (exact) mass is 379 g/mol. The van der Waals surface area contributed by atoms with Gasteiger partial charge in [-0.2, -0.15) is 0 Å². The molecule has 1 N–H and O–H groups in total. The van der Waals surface area contributed by atoms with Crippen LogP contribution in [0.3, 0.4) is 0 Å². The number of ether oxygens (including phenoxy) is 1. The summed E-state index contributed by atoms with van der Waals surface area (Å²) in [6.45, 7) is 0. The van der Waals surface area contributed by atoms with E-state index in [-0.39, 0.29) is 17.9 Å². The molecule has 146 valence electrons. The molecule has 0 spiro atoms. The lowest BCUT2D eigenvalue weighted by Crippen LogP contribution is -2.31. The molecule has 1 aromatic heterocycles. The molecule has 6 heteroatoms. The zero-order valence-corrected chi connectivity index (χ0v) is 16.1. The van der Waals surface area contributed by atoms with Crippen molar-refractivity contribution in [2.75, 3.05) is 17.3 Å². The summed E-state index contributed by atoms with van der Waals surface area (Å²) < 4.78 is 5.96. The van der Waals surface area contributed by atoms with E-state index in [4.69, 9.17) is 4.74 Å². The smallest absolute Gasteiger partial charge is 0.255 e. The second-order valence-corrected chi connectivity index (χ2v) is 7.51. The van der Waals surface area contributed by atoms with Crippen molar-refractivity contribution in [3.63, 3.8) is 0 Å². The third kappa shape index (κ3) is 4.01. The third-order valence-corrected chi connectivity index (χ3v) is 5.52. The average molecular weight is 379 g/mol. The summed E-state index contributed by atoms with van der Waals surface area (Å²) >= 11 is 0. The van der Waals surface area contributed by atoms with E-state index in [2.05, 4.69) is 10.3 Å². The Morgan fingerprint density at radius 1 is 1.14 bits per heavy atom. The van der Waals surface area contributed by atoms with E-state index in [1.54, 1.807) is 30.3 Å². The Hall–Kier alpha value is -2.89. The minimum absolute atomic E-state index is 0.117. The van der Waals surface area contributed by atoms with Crippen LogP contribution in [0.5, 0.6) is 5.88 Å². The SMILES string of the molecule is CN1C(=O)CCc2cc(NC(=O)c3ccnc(OC4CCCCC4)c3)ccc21. The van der Waals surface area contributed by atoms with Crippen molar-refractivity contribution in [3.05, 3.63) is 47.7 Å². The maximum absolute atomic E-state index is 12.7. The summed E-state index contributed by atoms with van der Waals surface area (Å²) in [6.07, 6.45) is 8.72. The average Bonchev–Trinajstić information content (AvgIpc) is 2.72. The number of nitrogens with one attached hydrogen (secondary N) is 1. The van der Waals surface area contributed by atoms with Crippen LogP contribution in [0.25, 0.3) is 0 Å².